The van der Waals surface area contributed by atoms with E-state index in [1.807, 2.05) is 31.2 Å². The van der Waals surface area contributed by atoms with Gasteiger partial charge in [0.15, 0.2) is 0 Å². The van der Waals surface area contributed by atoms with Crippen molar-refractivity contribution in [3.05, 3.63) is 64.9 Å². The number of nitrogens with one attached hydrogen (secondary N) is 1. The molecule has 150 valence electrons. The minimum atomic E-state index is -0.643. The van der Waals surface area contributed by atoms with Gasteiger partial charge in [0.05, 0.1) is 42.6 Å². The summed E-state index contributed by atoms with van der Waals surface area (Å²) in [4.78, 5) is 28.4. The molecule has 6 nitrogen and oxygen atoms in total. The third kappa shape index (κ3) is 4.97. The molecule has 0 spiro atoms. The highest BCUT2D eigenvalue weighted by Crippen LogP contribution is 2.32. The maximum absolute atomic E-state index is 14.0. The zero-order valence-electron chi connectivity index (χ0n) is 15.9. The molecule has 0 fully saturated rings. The van der Waals surface area contributed by atoms with Crippen LogP contribution in [-0.2, 0) is 16.0 Å². The topological polar surface area (TPSA) is 77.5 Å². The van der Waals surface area contributed by atoms with Gasteiger partial charge in [-0.2, -0.15) is 0 Å². The highest BCUT2D eigenvalue weighted by atomic mass is 32.1. The van der Waals surface area contributed by atoms with E-state index < -0.39 is 17.7 Å². The largest absolute Gasteiger partial charge is 0.493 e. The van der Waals surface area contributed by atoms with Crippen molar-refractivity contribution >= 4 is 28.9 Å². The lowest BCUT2D eigenvalue weighted by atomic mass is 10.2. The molecule has 3 rings (SSSR count). The predicted molar refractivity (Wildman–Crippen MR) is 109 cm³/mol. The number of esters is 1. The molecule has 0 aliphatic heterocycles. The number of nitrogens with zero attached hydrogens (tertiary/aromatic N) is 1. The van der Waals surface area contributed by atoms with Crippen LogP contribution in [0.3, 0.4) is 0 Å². The normalized spacial score (nSPS) is 10.4. The van der Waals surface area contributed by atoms with Crippen molar-refractivity contribution in [2.24, 2.45) is 0 Å². The molecule has 29 heavy (non-hydrogen) atoms. The van der Waals surface area contributed by atoms with Gasteiger partial charge in [-0.05, 0) is 37.3 Å². The number of thiazole rings is 1. The molecule has 1 amide bonds. The Hall–Kier alpha value is -3.26. The van der Waals surface area contributed by atoms with Gasteiger partial charge in [0.2, 0.25) is 5.91 Å². The van der Waals surface area contributed by atoms with Crippen LogP contribution in [0.15, 0.2) is 47.8 Å². The van der Waals surface area contributed by atoms with Crippen LogP contribution in [0.1, 0.15) is 23.0 Å². The van der Waals surface area contributed by atoms with E-state index in [2.05, 4.69) is 15.0 Å². The van der Waals surface area contributed by atoms with Gasteiger partial charge in [0, 0.05) is 5.38 Å². The summed E-state index contributed by atoms with van der Waals surface area (Å²) >= 11 is 1.40. The van der Waals surface area contributed by atoms with E-state index in [1.165, 1.54) is 30.6 Å². The van der Waals surface area contributed by atoms with Crippen molar-refractivity contribution in [1.29, 1.82) is 0 Å². The fraction of sp³-hybridized carbons (Fsp3) is 0.190. The number of carbonyl (C=O) groups excluding carboxylic acids is 2. The van der Waals surface area contributed by atoms with Crippen LogP contribution in [0, 0.1) is 5.82 Å². The van der Waals surface area contributed by atoms with Gasteiger partial charge >= 0.3 is 5.97 Å². The lowest BCUT2D eigenvalue weighted by Crippen LogP contribution is -2.16. The molecule has 0 bridgehead atoms. The molecule has 0 saturated heterocycles. The van der Waals surface area contributed by atoms with Gasteiger partial charge in [-0.3, -0.25) is 4.79 Å². The second-order valence-corrected chi connectivity index (χ2v) is 6.84. The molecule has 0 aliphatic rings. The zero-order chi connectivity index (χ0) is 20.8. The lowest BCUT2D eigenvalue weighted by molar-refractivity contribution is -0.115. The minimum Gasteiger partial charge on any atom is -0.493 e. The Morgan fingerprint density at radius 2 is 2.00 bits per heavy atom. The Morgan fingerprint density at radius 3 is 2.76 bits per heavy atom. The standard InChI is InChI=1S/C21H19FN2O4S/c1-3-28-18-7-5-4-6-15(18)20-23-14(12-29-20)11-19(25)24-17-10-13(21(26)27-2)8-9-16(17)22/h4-10,12H,3,11H2,1-2H3,(H,24,25). The molecule has 8 heteroatoms. The van der Waals surface area contributed by atoms with E-state index in [0.717, 1.165) is 22.4 Å². The van der Waals surface area contributed by atoms with Crippen LogP contribution in [0.4, 0.5) is 10.1 Å². The van der Waals surface area contributed by atoms with Gasteiger partial charge in [-0.25, -0.2) is 14.2 Å². The second kappa shape index (κ2) is 9.29. The molecule has 1 N–H and O–H groups in total. The maximum Gasteiger partial charge on any atom is 0.337 e. The van der Waals surface area contributed by atoms with Crippen LogP contribution in [0.2, 0.25) is 0 Å². The number of hydrogen-bond donors (Lipinski definition) is 1. The number of ether oxygens (including phenoxy) is 2. The Morgan fingerprint density at radius 1 is 1.21 bits per heavy atom. The van der Waals surface area contributed by atoms with Crippen molar-refractivity contribution < 1.29 is 23.5 Å². The first-order valence-corrected chi connectivity index (χ1v) is 9.74. The smallest absolute Gasteiger partial charge is 0.337 e. The molecule has 0 unspecified atom stereocenters. The number of amides is 1. The van der Waals surface area contributed by atoms with E-state index in [0.29, 0.717) is 12.3 Å². The number of halogens is 1. The molecule has 0 radical (unpaired) electrons. The van der Waals surface area contributed by atoms with Gasteiger partial charge in [0.25, 0.3) is 0 Å². The molecule has 1 aromatic heterocycles. The third-order valence-corrected chi connectivity index (χ3v) is 4.90. The Labute approximate surface area is 171 Å². The summed E-state index contributed by atoms with van der Waals surface area (Å²) in [7, 11) is 1.23. The highest BCUT2D eigenvalue weighted by molar-refractivity contribution is 7.13. The first-order chi connectivity index (χ1) is 14.0. The SMILES string of the molecule is CCOc1ccccc1-c1nc(CC(=O)Nc2cc(C(=O)OC)ccc2F)cs1. The quantitative estimate of drug-likeness (QED) is 0.583. The average molecular weight is 414 g/mol. The number of para-hydroxylation sites is 1. The summed E-state index contributed by atoms with van der Waals surface area (Å²) in [5, 5.41) is 4.99. The van der Waals surface area contributed by atoms with Crippen molar-refractivity contribution in [1.82, 2.24) is 4.98 Å². The number of hydrogen-bond acceptors (Lipinski definition) is 6. The Balaban J connectivity index is 1.72. The predicted octanol–water partition coefficient (Wildman–Crippen LogP) is 4.32. The summed E-state index contributed by atoms with van der Waals surface area (Å²) in [6, 6.07) is 11.2. The zero-order valence-corrected chi connectivity index (χ0v) is 16.7. The van der Waals surface area contributed by atoms with E-state index in [4.69, 9.17) is 4.74 Å². The van der Waals surface area contributed by atoms with Crippen LogP contribution < -0.4 is 10.1 Å². The van der Waals surface area contributed by atoms with Gasteiger partial charge in [-0.15, -0.1) is 11.3 Å². The summed E-state index contributed by atoms with van der Waals surface area (Å²) in [5.41, 5.74) is 1.46. The number of aromatic nitrogens is 1. The summed E-state index contributed by atoms with van der Waals surface area (Å²) in [6.07, 6.45) is -0.0325. The van der Waals surface area contributed by atoms with E-state index >= 15 is 0 Å². The van der Waals surface area contributed by atoms with Crippen LogP contribution in [-0.4, -0.2) is 30.6 Å². The molecule has 0 aliphatic carbocycles. The average Bonchev–Trinajstić information content (AvgIpc) is 3.17. The van der Waals surface area contributed by atoms with Crippen molar-refractivity contribution in [2.45, 2.75) is 13.3 Å². The number of carbonyl (C=O) groups is 2. The lowest BCUT2D eigenvalue weighted by Gasteiger charge is -2.08. The first-order valence-electron chi connectivity index (χ1n) is 8.86. The van der Waals surface area contributed by atoms with Gasteiger partial charge in [0.1, 0.15) is 16.6 Å². The monoisotopic (exact) mass is 414 g/mol. The summed E-state index contributed by atoms with van der Waals surface area (Å²) < 4.78 is 24.2. The first kappa shape index (κ1) is 20.5. The Bertz CT molecular complexity index is 1040. The fourth-order valence-corrected chi connectivity index (χ4v) is 3.51. The highest BCUT2D eigenvalue weighted by Gasteiger charge is 2.15. The molecule has 0 saturated carbocycles. The Kier molecular flexibility index (Phi) is 6.56. The van der Waals surface area contributed by atoms with Crippen molar-refractivity contribution in [2.75, 3.05) is 19.0 Å². The van der Waals surface area contributed by atoms with E-state index in [9.17, 15) is 14.0 Å². The second-order valence-electron chi connectivity index (χ2n) is 5.98. The van der Waals surface area contributed by atoms with Crippen LogP contribution >= 0.6 is 11.3 Å². The molecule has 3 aromatic rings. The van der Waals surface area contributed by atoms with Gasteiger partial charge < -0.3 is 14.8 Å². The third-order valence-electron chi connectivity index (χ3n) is 3.97. The fourth-order valence-electron chi connectivity index (χ4n) is 2.66. The van der Waals surface area contributed by atoms with E-state index in [-0.39, 0.29) is 17.7 Å². The van der Waals surface area contributed by atoms with Gasteiger partial charge in [-0.1, -0.05) is 12.1 Å². The summed E-state index contributed by atoms with van der Waals surface area (Å²) in [6.45, 7) is 2.44. The van der Waals surface area contributed by atoms with Crippen molar-refractivity contribution in [3.8, 4) is 16.3 Å². The summed E-state index contributed by atoms with van der Waals surface area (Å²) in [5.74, 6) is -0.976. The number of methoxy groups -OCH3 is 1. The van der Waals surface area contributed by atoms with Crippen molar-refractivity contribution in [3.63, 3.8) is 0 Å². The number of benzene rings is 2. The molecular formula is C21H19FN2O4S. The maximum atomic E-state index is 14.0. The molecule has 2 aromatic carbocycles. The number of anilines is 1. The molecule has 0 atom stereocenters. The molecular weight excluding hydrogens is 395 g/mol. The number of rotatable bonds is 7. The minimum absolute atomic E-state index is 0.0325. The molecule has 1 heterocycles. The van der Waals surface area contributed by atoms with E-state index in [1.54, 1.807) is 5.38 Å². The van der Waals surface area contributed by atoms with Crippen LogP contribution in [0.5, 0.6) is 5.75 Å². The van der Waals surface area contributed by atoms with Crippen LogP contribution in [0.25, 0.3) is 10.6 Å².